The Balaban J connectivity index is 1.97. The fraction of sp³-hybridized carbons (Fsp3) is 0.133. The molecular weight excluding hydrogens is 272 g/mol. The Hall–Kier alpha value is -2.14. The highest BCUT2D eigenvalue weighted by Crippen LogP contribution is 2.45. The SMILES string of the molecule is CCN(C(=O)O)c1ccc2c(c1)Nc1ccccc1S2. The number of carboxylic acid groups (broad SMARTS) is 1. The fourth-order valence-electron chi connectivity index (χ4n) is 2.22. The first kappa shape index (κ1) is 12.9. The van der Waals surface area contributed by atoms with Crippen LogP contribution in [0.2, 0.25) is 0 Å². The summed E-state index contributed by atoms with van der Waals surface area (Å²) < 4.78 is 0. The van der Waals surface area contributed by atoms with E-state index in [0.29, 0.717) is 12.2 Å². The van der Waals surface area contributed by atoms with E-state index >= 15 is 0 Å². The molecule has 0 unspecified atom stereocenters. The molecule has 102 valence electrons. The maximum atomic E-state index is 11.2. The summed E-state index contributed by atoms with van der Waals surface area (Å²) in [5, 5.41) is 12.5. The van der Waals surface area contributed by atoms with Crippen LogP contribution in [0.15, 0.2) is 52.3 Å². The van der Waals surface area contributed by atoms with Crippen molar-refractivity contribution in [3.05, 3.63) is 42.5 Å². The van der Waals surface area contributed by atoms with Gasteiger partial charge in [0.25, 0.3) is 0 Å². The molecule has 4 nitrogen and oxygen atoms in total. The molecule has 0 atom stereocenters. The van der Waals surface area contributed by atoms with Crippen LogP contribution < -0.4 is 10.2 Å². The molecule has 0 saturated heterocycles. The number of anilines is 3. The van der Waals surface area contributed by atoms with Gasteiger partial charge in [0.15, 0.2) is 0 Å². The van der Waals surface area contributed by atoms with Gasteiger partial charge in [0.2, 0.25) is 0 Å². The molecular formula is C15H14N2O2S. The van der Waals surface area contributed by atoms with E-state index < -0.39 is 6.09 Å². The molecule has 0 spiro atoms. The van der Waals surface area contributed by atoms with Crippen LogP contribution in [0.1, 0.15) is 6.92 Å². The van der Waals surface area contributed by atoms with Crippen molar-refractivity contribution >= 4 is 34.9 Å². The van der Waals surface area contributed by atoms with E-state index in [9.17, 15) is 9.90 Å². The van der Waals surface area contributed by atoms with Crippen molar-refractivity contribution in [3.63, 3.8) is 0 Å². The van der Waals surface area contributed by atoms with Crippen molar-refractivity contribution in [1.29, 1.82) is 0 Å². The lowest BCUT2D eigenvalue weighted by atomic mass is 10.2. The minimum Gasteiger partial charge on any atom is -0.465 e. The van der Waals surface area contributed by atoms with Gasteiger partial charge in [-0.15, -0.1) is 0 Å². The monoisotopic (exact) mass is 286 g/mol. The zero-order chi connectivity index (χ0) is 14.1. The molecule has 0 saturated carbocycles. The first-order valence-corrected chi connectivity index (χ1v) is 7.19. The van der Waals surface area contributed by atoms with Crippen LogP contribution in [0, 0.1) is 0 Å². The number of hydrogen-bond acceptors (Lipinski definition) is 3. The summed E-state index contributed by atoms with van der Waals surface area (Å²) in [6, 6.07) is 13.8. The summed E-state index contributed by atoms with van der Waals surface area (Å²) in [4.78, 5) is 14.8. The number of rotatable bonds is 2. The molecule has 5 heteroatoms. The minimum atomic E-state index is -0.934. The van der Waals surface area contributed by atoms with Crippen LogP contribution in [0.4, 0.5) is 21.9 Å². The second-order valence-corrected chi connectivity index (χ2v) is 5.51. The second kappa shape index (κ2) is 5.09. The molecule has 0 aromatic heterocycles. The first-order chi connectivity index (χ1) is 9.69. The van der Waals surface area contributed by atoms with Gasteiger partial charge in [0.05, 0.1) is 11.4 Å². The third-order valence-electron chi connectivity index (χ3n) is 3.20. The third kappa shape index (κ3) is 2.20. The lowest BCUT2D eigenvalue weighted by Crippen LogP contribution is -2.28. The van der Waals surface area contributed by atoms with Crippen LogP contribution in [0.3, 0.4) is 0 Å². The summed E-state index contributed by atoms with van der Waals surface area (Å²) in [5.74, 6) is 0. The van der Waals surface area contributed by atoms with Crippen molar-refractivity contribution < 1.29 is 9.90 Å². The molecule has 2 aromatic rings. The molecule has 2 N–H and O–H groups in total. The molecule has 0 fully saturated rings. The maximum Gasteiger partial charge on any atom is 0.411 e. The lowest BCUT2D eigenvalue weighted by molar-refractivity contribution is 0.202. The van der Waals surface area contributed by atoms with E-state index in [4.69, 9.17) is 0 Å². The topological polar surface area (TPSA) is 52.6 Å². The Morgan fingerprint density at radius 1 is 1.20 bits per heavy atom. The van der Waals surface area contributed by atoms with Crippen LogP contribution >= 0.6 is 11.8 Å². The van der Waals surface area contributed by atoms with Gasteiger partial charge in [-0.3, -0.25) is 4.90 Å². The molecule has 1 aliphatic heterocycles. The Morgan fingerprint density at radius 2 is 1.95 bits per heavy atom. The number of hydrogen-bond donors (Lipinski definition) is 2. The van der Waals surface area contributed by atoms with Gasteiger partial charge in [-0.25, -0.2) is 4.79 Å². The smallest absolute Gasteiger partial charge is 0.411 e. The van der Waals surface area contributed by atoms with Crippen LogP contribution in [0.5, 0.6) is 0 Å². The number of nitrogens with zero attached hydrogens (tertiary/aromatic N) is 1. The van der Waals surface area contributed by atoms with Crippen LogP contribution in [-0.4, -0.2) is 17.7 Å². The predicted octanol–water partition coefficient (Wildman–Crippen LogP) is 4.40. The standard InChI is InChI=1S/C15H14N2O2S/c1-2-17(15(18)19)10-7-8-14-12(9-10)16-11-5-3-4-6-13(11)20-14/h3-9,16H,2H2,1H3,(H,18,19). The normalized spacial score (nSPS) is 12.1. The third-order valence-corrected chi connectivity index (χ3v) is 4.35. The van der Waals surface area contributed by atoms with Gasteiger partial charge in [-0.1, -0.05) is 23.9 Å². The summed E-state index contributed by atoms with van der Waals surface area (Å²) >= 11 is 1.69. The average molecular weight is 286 g/mol. The maximum absolute atomic E-state index is 11.2. The van der Waals surface area contributed by atoms with E-state index in [2.05, 4.69) is 11.4 Å². The van der Waals surface area contributed by atoms with E-state index in [1.54, 1.807) is 11.8 Å². The molecule has 1 amide bonds. The number of benzene rings is 2. The first-order valence-electron chi connectivity index (χ1n) is 6.37. The van der Waals surface area contributed by atoms with Crippen LogP contribution in [0.25, 0.3) is 0 Å². The number of nitrogens with one attached hydrogen (secondary N) is 1. The van der Waals surface area contributed by atoms with Gasteiger partial charge in [-0.05, 0) is 37.3 Å². The van der Waals surface area contributed by atoms with Crippen molar-refractivity contribution in [1.82, 2.24) is 0 Å². The summed E-state index contributed by atoms with van der Waals surface area (Å²) in [6.07, 6.45) is -0.934. The van der Waals surface area contributed by atoms with E-state index in [0.717, 1.165) is 16.3 Å². The Morgan fingerprint density at radius 3 is 2.70 bits per heavy atom. The predicted molar refractivity (Wildman–Crippen MR) is 81.3 cm³/mol. The van der Waals surface area contributed by atoms with E-state index in [1.807, 2.05) is 43.3 Å². The number of amides is 1. The highest BCUT2D eigenvalue weighted by molar-refractivity contribution is 7.99. The minimum absolute atomic E-state index is 0.428. The molecule has 1 aliphatic rings. The van der Waals surface area contributed by atoms with Crippen LogP contribution in [-0.2, 0) is 0 Å². The Bertz CT molecular complexity index is 673. The Labute approximate surface area is 121 Å². The van der Waals surface area contributed by atoms with Gasteiger partial charge in [0, 0.05) is 22.0 Å². The highest BCUT2D eigenvalue weighted by atomic mass is 32.2. The van der Waals surface area contributed by atoms with Crippen molar-refractivity contribution in [2.75, 3.05) is 16.8 Å². The number of para-hydroxylation sites is 1. The molecule has 0 aliphatic carbocycles. The number of fused-ring (bicyclic) bond motifs is 2. The van der Waals surface area contributed by atoms with Gasteiger partial charge in [-0.2, -0.15) is 0 Å². The molecule has 2 aromatic carbocycles. The summed E-state index contributed by atoms with van der Waals surface area (Å²) in [7, 11) is 0. The van der Waals surface area contributed by atoms with Crippen molar-refractivity contribution in [3.8, 4) is 0 Å². The van der Waals surface area contributed by atoms with Crippen molar-refractivity contribution in [2.45, 2.75) is 16.7 Å². The molecule has 20 heavy (non-hydrogen) atoms. The molecule has 0 radical (unpaired) electrons. The highest BCUT2D eigenvalue weighted by Gasteiger charge is 2.18. The zero-order valence-corrected chi connectivity index (χ0v) is 11.8. The Kier molecular flexibility index (Phi) is 3.28. The van der Waals surface area contributed by atoms with E-state index in [-0.39, 0.29) is 0 Å². The van der Waals surface area contributed by atoms with Gasteiger partial charge >= 0.3 is 6.09 Å². The quantitative estimate of drug-likeness (QED) is 0.733. The fourth-order valence-corrected chi connectivity index (χ4v) is 3.19. The summed E-state index contributed by atoms with van der Waals surface area (Å²) in [6.45, 7) is 2.25. The largest absolute Gasteiger partial charge is 0.465 e. The second-order valence-electron chi connectivity index (χ2n) is 4.43. The van der Waals surface area contributed by atoms with Gasteiger partial charge in [0.1, 0.15) is 0 Å². The van der Waals surface area contributed by atoms with Gasteiger partial charge < -0.3 is 10.4 Å². The lowest BCUT2D eigenvalue weighted by Gasteiger charge is -2.23. The molecule has 0 bridgehead atoms. The molecule has 1 heterocycles. The summed E-state index contributed by atoms with van der Waals surface area (Å²) in [5.41, 5.74) is 2.69. The molecule has 3 rings (SSSR count). The van der Waals surface area contributed by atoms with Crippen molar-refractivity contribution in [2.24, 2.45) is 0 Å². The zero-order valence-electron chi connectivity index (χ0n) is 11.0. The number of carbonyl (C=O) groups is 1. The van der Waals surface area contributed by atoms with E-state index in [1.165, 1.54) is 9.80 Å². The average Bonchev–Trinajstić information content (AvgIpc) is 2.45.